The SMILES string of the molecule is CCC1NC(C)(CC)C(=O)N1C1CCCC(SC)C1. The van der Waals surface area contributed by atoms with Crippen LogP contribution >= 0.6 is 11.8 Å². The van der Waals surface area contributed by atoms with E-state index < -0.39 is 0 Å². The zero-order chi connectivity index (χ0) is 14.0. The summed E-state index contributed by atoms with van der Waals surface area (Å²) in [7, 11) is 0. The van der Waals surface area contributed by atoms with Gasteiger partial charge in [0.25, 0.3) is 0 Å². The minimum atomic E-state index is -0.340. The number of amides is 1. The summed E-state index contributed by atoms with van der Waals surface area (Å²) < 4.78 is 0. The van der Waals surface area contributed by atoms with Gasteiger partial charge < -0.3 is 4.90 Å². The second kappa shape index (κ2) is 6.04. The fourth-order valence-corrected chi connectivity index (χ4v) is 4.30. The van der Waals surface area contributed by atoms with Crippen molar-refractivity contribution in [3.05, 3.63) is 0 Å². The average Bonchev–Trinajstić information content (AvgIpc) is 2.71. The van der Waals surface area contributed by atoms with Crippen LogP contribution < -0.4 is 5.32 Å². The molecule has 2 fully saturated rings. The fourth-order valence-electron chi connectivity index (χ4n) is 3.48. The third kappa shape index (κ3) is 2.80. The Kier molecular flexibility index (Phi) is 4.83. The fraction of sp³-hybridized carbons (Fsp3) is 0.933. The highest BCUT2D eigenvalue weighted by Crippen LogP contribution is 2.35. The van der Waals surface area contributed by atoms with Gasteiger partial charge in [0.05, 0.1) is 11.7 Å². The first-order valence-corrected chi connectivity index (χ1v) is 8.97. The molecule has 0 bridgehead atoms. The van der Waals surface area contributed by atoms with Crippen LogP contribution in [0.2, 0.25) is 0 Å². The lowest BCUT2D eigenvalue weighted by atomic mass is 9.92. The molecule has 1 aliphatic heterocycles. The molecule has 2 aliphatic rings. The third-order valence-corrected chi connectivity index (χ3v) is 6.04. The van der Waals surface area contributed by atoms with Crippen molar-refractivity contribution < 1.29 is 4.79 Å². The summed E-state index contributed by atoms with van der Waals surface area (Å²) in [5.41, 5.74) is -0.340. The molecule has 1 aliphatic carbocycles. The number of hydrogen-bond acceptors (Lipinski definition) is 3. The number of carbonyl (C=O) groups is 1. The average molecular weight is 284 g/mol. The first-order chi connectivity index (χ1) is 9.05. The van der Waals surface area contributed by atoms with E-state index in [4.69, 9.17) is 0 Å². The van der Waals surface area contributed by atoms with Gasteiger partial charge in [-0.2, -0.15) is 11.8 Å². The van der Waals surface area contributed by atoms with Gasteiger partial charge in [0, 0.05) is 11.3 Å². The number of carbonyl (C=O) groups excluding carboxylic acids is 1. The zero-order valence-corrected chi connectivity index (χ0v) is 13.6. The van der Waals surface area contributed by atoms with Crippen molar-refractivity contribution in [3.63, 3.8) is 0 Å². The molecule has 19 heavy (non-hydrogen) atoms. The normalized spacial score (nSPS) is 39.9. The summed E-state index contributed by atoms with van der Waals surface area (Å²) in [6.45, 7) is 6.34. The molecular formula is C15H28N2OS. The van der Waals surface area contributed by atoms with Crippen molar-refractivity contribution >= 4 is 17.7 Å². The Labute approximate surface area is 121 Å². The number of hydrogen-bond donors (Lipinski definition) is 1. The van der Waals surface area contributed by atoms with Gasteiger partial charge in [0.15, 0.2) is 0 Å². The summed E-state index contributed by atoms with van der Waals surface area (Å²) in [6.07, 6.45) is 9.24. The minimum absolute atomic E-state index is 0.239. The van der Waals surface area contributed by atoms with E-state index in [2.05, 4.69) is 37.2 Å². The smallest absolute Gasteiger partial charge is 0.244 e. The molecule has 0 aromatic heterocycles. The molecule has 1 saturated carbocycles. The maximum atomic E-state index is 12.8. The van der Waals surface area contributed by atoms with E-state index in [9.17, 15) is 4.79 Å². The first-order valence-electron chi connectivity index (χ1n) is 7.69. The Morgan fingerprint density at radius 3 is 2.74 bits per heavy atom. The first kappa shape index (κ1) is 15.2. The Morgan fingerprint density at radius 1 is 1.42 bits per heavy atom. The lowest BCUT2D eigenvalue weighted by Crippen LogP contribution is -2.47. The van der Waals surface area contributed by atoms with Crippen molar-refractivity contribution in [1.82, 2.24) is 10.2 Å². The summed E-state index contributed by atoms with van der Waals surface area (Å²) >= 11 is 1.97. The summed E-state index contributed by atoms with van der Waals surface area (Å²) in [4.78, 5) is 15.0. The Balaban J connectivity index is 2.15. The van der Waals surface area contributed by atoms with Crippen LogP contribution in [0.1, 0.15) is 59.3 Å². The van der Waals surface area contributed by atoms with Gasteiger partial charge in [0.1, 0.15) is 0 Å². The van der Waals surface area contributed by atoms with Crippen LogP contribution in [0.25, 0.3) is 0 Å². The standard InChI is InChI=1S/C15H28N2OS/c1-5-13-16-15(3,6-2)14(18)17(13)11-8-7-9-12(10-11)19-4/h11-13,16H,5-10H2,1-4H3. The number of nitrogens with one attached hydrogen (secondary N) is 1. The Hall–Kier alpha value is -0.220. The molecule has 1 amide bonds. The van der Waals surface area contributed by atoms with Gasteiger partial charge in [-0.1, -0.05) is 20.3 Å². The topological polar surface area (TPSA) is 32.3 Å². The van der Waals surface area contributed by atoms with Crippen molar-refractivity contribution in [1.29, 1.82) is 0 Å². The number of rotatable bonds is 4. The van der Waals surface area contributed by atoms with Crippen LogP contribution in [0.3, 0.4) is 0 Å². The monoisotopic (exact) mass is 284 g/mol. The van der Waals surface area contributed by atoms with Crippen molar-refractivity contribution in [2.75, 3.05) is 6.26 Å². The van der Waals surface area contributed by atoms with Gasteiger partial charge in [0.2, 0.25) is 5.91 Å². The second-order valence-corrected chi connectivity index (χ2v) is 7.28. The van der Waals surface area contributed by atoms with Crippen LogP contribution in [-0.2, 0) is 4.79 Å². The van der Waals surface area contributed by atoms with Crippen LogP contribution in [-0.4, -0.2) is 40.1 Å². The lowest BCUT2D eigenvalue weighted by molar-refractivity contribution is -0.135. The zero-order valence-electron chi connectivity index (χ0n) is 12.7. The highest BCUT2D eigenvalue weighted by atomic mass is 32.2. The summed E-state index contributed by atoms with van der Waals surface area (Å²) in [5.74, 6) is 0.327. The van der Waals surface area contributed by atoms with E-state index in [0.29, 0.717) is 11.9 Å². The van der Waals surface area contributed by atoms with Gasteiger partial charge in [-0.05, 0) is 45.3 Å². The molecule has 0 spiro atoms. The van der Waals surface area contributed by atoms with Crippen molar-refractivity contribution in [2.24, 2.45) is 0 Å². The van der Waals surface area contributed by atoms with Crippen LogP contribution in [0.5, 0.6) is 0 Å². The van der Waals surface area contributed by atoms with Crippen LogP contribution in [0.4, 0.5) is 0 Å². The van der Waals surface area contributed by atoms with Gasteiger partial charge in [-0.3, -0.25) is 10.1 Å². The molecule has 4 heteroatoms. The van der Waals surface area contributed by atoms with E-state index in [1.165, 1.54) is 25.7 Å². The molecule has 110 valence electrons. The molecule has 0 radical (unpaired) electrons. The highest BCUT2D eigenvalue weighted by Gasteiger charge is 2.48. The predicted molar refractivity (Wildman–Crippen MR) is 82.3 cm³/mol. The molecule has 1 N–H and O–H groups in total. The molecule has 1 saturated heterocycles. The van der Waals surface area contributed by atoms with Gasteiger partial charge in [-0.25, -0.2) is 0 Å². The number of thioether (sulfide) groups is 1. The van der Waals surface area contributed by atoms with E-state index in [-0.39, 0.29) is 11.7 Å². The molecular weight excluding hydrogens is 256 g/mol. The maximum absolute atomic E-state index is 12.8. The third-order valence-electron chi connectivity index (χ3n) is 4.95. The van der Waals surface area contributed by atoms with E-state index in [1.54, 1.807) is 0 Å². The molecule has 0 aromatic carbocycles. The van der Waals surface area contributed by atoms with Crippen LogP contribution in [0, 0.1) is 0 Å². The second-order valence-electron chi connectivity index (χ2n) is 6.14. The largest absolute Gasteiger partial charge is 0.323 e. The molecule has 3 nitrogen and oxygen atoms in total. The van der Waals surface area contributed by atoms with E-state index in [0.717, 1.165) is 18.1 Å². The number of nitrogens with zero attached hydrogens (tertiary/aromatic N) is 1. The Morgan fingerprint density at radius 2 is 2.16 bits per heavy atom. The maximum Gasteiger partial charge on any atom is 0.244 e. The van der Waals surface area contributed by atoms with E-state index in [1.807, 2.05) is 11.8 Å². The minimum Gasteiger partial charge on any atom is -0.323 e. The molecule has 1 heterocycles. The van der Waals surface area contributed by atoms with Gasteiger partial charge in [-0.15, -0.1) is 0 Å². The molecule has 4 atom stereocenters. The lowest BCUT2D eigenvalue weighted by Gasteiger charge is -2.37. The molecule has 4 unspecified atom stereocenters. The predicted octanol–water partition coefficient (Wildman–Crippen LogP) is 3.00. The van der Waals surface area contributed by atoms with Crippen LogP contribution in [0.15, 0.2) is 0 Å². The van der Waals surface area contributed by atoms with Crippen molar-refractivity contribution in [2.45, 2.75) is 82.3 Å². The van der Waals surface area contributed by atoms with Crippen molar-refractivity contribution in [3.8, 4) is 0 Å². The van der Waals surface area contributed by atoms with E-state index >= 15 is 0 Å². The summed E-state index contributed by atoms with van der Waals surface area (Å²) in [6, 6.07) is 0.449. The Bertz CT molecular complexity index is 336. The summed E-state index contributed by atoms with van der Waals surface area (Å²) in [5, 5.41) is 4.30. The highest BCUT2D eigenvalue weighted by molar-refractivity contribution is 7.99. The quantitative estimate of drug-likeness (QED) is 0.861. The molecule has 0 aromatic rings. The molecule has 2 rings (SSSR count). The van der Waals surface area contributed by atoms with Gasteiger partial charge >= 0.3 is 0 Å².